The highest BCUT2D eigenvalue weighted by atomic mass is 16.5. The van der Waals surface area contributed by atoms with E-state index >= 15 is 0 Å². The van der Waals surface area contributed by atoms with Crippen LogP contribution in [-0.4, -0.2) is 55.5 Å². The molecule has 3 atom stereocenters. The molecule has 0 amide bonds. The van der Waals surface area contributed by atoms with Gasteiger partial charge in [0, 0.05) is 31.8 Å². The molecule has 0 bridgehead atoms. The van der Waals surface area contributed by atoms with Gasteiger partial charge in [-0.2, -0.15) is 0 Å². The molecule has 20 heavy (non-hydrogen) atoms. The van der Waals surface area contributed by atoms with Crippen LogP contribution < -0.4 is 5.73 Å². The smallest absolute Gasteiger partial charge is 0.0703 e. The number of likely N-dealkylation sites (N-methyl/N-ethyl adjacent to an activating group) is 1. The van der Waals surface area contributed by atoms with Crippen LogP contribution in [0.25, 0.3) is 0 Å². The van der Waals surface area contributed by atoms with Crippen LogP contribution in [0.15, 0.2) is 0 Å². The van der Waals surface area contributed by atoms with E-state index in [-0.39, 0.29) is 5.54 Å². The van der Waals surface area contributed by atoms with Gasteiger partial charge in [0.05, 0.1) is 12.2 Å². The summed E-state index contributed by atoms with van der Waals surface area (Å²) in [5.41, 5.74) is 6.33. The lowest BCUT2D eigenvalue weighted by molar-refractivity contribution is -0.0823. The number of nitrogens with two attached hydrogens (primary N) is 1. The van der Waals surface area contributed by atoms with Crippen molar-refractivity contribution in [3.05, 3.63) is 0 Å². The minimum Gasteiger partial charge on any atom is -0.378 e. The number of rotatable bonds is 7. The van der Waals surface area contributed by atoms with Crippen LogP contribution >= 0.6 is 0 Å². The Hall–Kier alpha value is -0.160. The highest BCUT2D eigenvalue weighted by Crippen LogP contribution is 2.33. The van der Waals surface area contributed by atoms with Crippen LogP contribution in [0.4, 0.5) is 0 Å². The maximum Gasteiger partial charge on any atom is 0.0703 e. The van der Waals surface area contributed by atoms with Crippen LogP contribution in [0.2, 0.25) is 0 Å². The standard InChI is InChI=1S/C16H32N2O2/c1-3-6-14-11-16(13-17,8-10-20-14)18(4-2)12-15-7-5-9-19-15/h14-15H,3-13,17H2,1-2H3. The van der Waals surface area contributed by atoms with Crippen molar-refractivity contribution in [2.45, 2.75) is 70.1 Å². The molecule has 0 aromatic carbocycles. The van der Waals surface area contributed by atoms with Crippen molar-refractivity contribution in [2.75, 3.05) is 32.8 Å². The first-order chi connectivity index (χ1) is 9.74. The van der Waals surface area contributed by atoms with Gasteiger partial charge in [-0.3, -0.25) is 4.90 Å². The Morgan fingerprint density at radius 3 is 2.60 bits per heavy atom. The molecule has 2 N–H and O–H groups in total. The Kier molecular flexibility index (Phi) is 6.27. The van der Waals surface area contributed by atoms with Gasteiger partial charge in [0.2, 0.25) is 0 Å². The zero-order valence-electron chi connectivity index (χ0n) is 13.3. The molecular weight excluding hydrogens is 252 g/mol. The van der Waals surface area contributed by atoms with Gasteiger partial charge >= 0.3 is 0 Å². The largest absolute Gasteiger partial charge is 0.378 e. The average molecular weight is 284 g/mol. The fourth-order valence-electron chi connectivity index (χ4n) is 3.80. The summed E-state index contributed by atoms with van der Waals surface area (Å²) in [6.45, 7) is 9.07. The molecule has 2 heterocycles. The Morgan fingerprint density at radius 1 is 1.20 bits per heavy atom. The first-order valence-corrected chi connectivity index (χ1v) is 8.42. The second-order valence-electron chi connectivity index (χ2n) is 6.34. The molecule has 0 radical (unpaired) electrons. The molecular formula is C16H32N2O2. The monoisotopic (exact) mass is 284 g/mol. The number of ether oxygens (including phenoxy) is 2. The summed E-state index contributed by atoms with van der Waals surface area (Å²) in [5, 5.41) is 0. The van der Waals surface area contributed by atoms with Crippen LogP contribution in [-0.2, 0) is 9.47 Å². The van der Waals surface area contributed by atoms with Gasteiger partial charge in [0.25, 0.3) is 0 Å². The Bertz CT molecular complexity index is 280. The summed E-state index contributed by atoms with van der Waals surface area (Å²) in [7, 11) is 0. The van der Waals surface area contributed by atoms with Crippen molar-refractivity contribution in [1.29, 1.82) is 0 Å². The van der Waals surface area contributed by atoms with E-state index in [1.165, 1.54) is 19.3 Å². The lowest BCUT2D eigenvalue weighted by atomic mass is 9.83. The van der Waals surface area contributed by atoms with Gasteiger partial charge in [0.1, 0.15) is 0 Å². The topological polar surface area (TPSA) is 47.7 Å². The fourth-order valence-corrected chi connectivity index (χ4v) is 3.80. The zero-order valence-corrected chi connectivity index (χ0v) is 13.3. The highest BCUT2D eigenvalue weighted by molar-refractivity contribution is 4.97. The van der Waals surface area contributed by atoms with Crippen LogP contribution in [0.1, 0.15) is 52.4 Å². The average Bonchev–Trinajstić information content (AvgIpc) is 2.98. The molecule has 118 valence electrons. The third-order valence-corrected chi connectivity index (χ3v) is 5.02. The van der Waals surface area contributed by atoms with E-state index in [0.29, 0.717) is 12.2 Å². The van der Waals surface area contributed by atoms with E-state index in [1.54, 1.807) is 0 Å². The van der Waals surface area contributed by atoms with Crippen molar-refractivity contribution in [3.8, 4) is 0 Å². The molecule has 3 unspecified atom stereocenters. The van der Waals surface area contributed by atoms with Gasteiger partial charge in [-0.25, -0.2) is 0 Å². The zero-order chi connectivity index (χ0) is 14.4. The van der Waals surface area contributed by atoms with E-state index in [0.717, 1.165) is 52.1 Å². The molecule has 2 saturated heterocycles. The quantitative estimate of drug-likeness (QED) is 0.778. The van der Waals surface area contributed by atoms with Crippen LogP contribution in [0.5, 0.6) is 0 Å². The Balaban J connectivity index is 2.01. The van der Waals surface area contributed by atoms with E-state index in [2.05, 4.69) is 18.7 Å². The Morgan fingerprint density at radius 2 is 2.00 bits per heavy atom. The predicted octanol–water partition coefficient (Wildman–Crippen LogP) is 2.16. The van der Waals surface area contributed by atoms with E-state index in [1.807, 2.05) is 0 Å². The molecule has 0 aromatic heterocycles. The fraction of sp³-hybridized carbons (Fsp3) is 1.00. The lowest BCUT2D eigenvalue weighted by Crippen LogP contribution is -2.60. The summed E-state index contributed by atoms with van der Waals surface area (Å²) < 4.78 is 11.8. The minimum absolute atomic E-state index is 0.124. The van der Waals surface area contributed by atoms with Crippen molar-refractivity contribution in [1.82, 2.24) is 4.90 Å². The van der Waals surface area contributed by atoms with Gasteiger partial charge in [-0.15, -0.1) is 0 Å². The van der Waals surface area contributed by atoms with E-state index < -0.39 is 0 Å². The maximum atomic E-state index is 6.21. The van der Waals surface area contributed by atoms with E-state index in [9.17, 15) is 0 Å². The first-order valence-electron chi connectivity index (χ1n) is 8.42. The molecule has 2 aliphatic rings. The van der Waals surface area contributed by atoms with Crippen LogP contribution in [0, 0.1) is 0 Å². The number of hydrogen-bond acceptors (Lipinski definition) is 4. The number of hydrogen-bond donors (Lipinski definition) is 1. The Labute approximate surface area is 124 Å². The summed E-state index contributed by atoms with van der Waals surface area (Å²) in [6, 6.07) is 0. The van der Waals surface area contributed by atoms with Gasteiger partial charge in [0.15, 0.2) is 0 Å². The van der Waals surface area contributed by atoms with Crippen molar-refractivity contribution < 1.29 is 9.47 Å². The maximum absolute atomic E-state index is 6.21. The SMILES string of the molecule is CCCC1CC(CN)(N(CC)CC2CCCO2)CCO1. The summed E-state index contributed by atoms with van der Waals surface area (Å²) in [5.74, 6) is 0. The summed E-state index contributed by atoms with van der Waals surface area (Å²) in [4.78, 5) is 2.58. The molecule has 2 aliphatic heterocycles. The van der Waals surface area contributed by atoms with Gasteiger partial charge in [-0.05, 0) is 38.6 Å². The normalized spacial score (nSPS) is 34.8. The van der Waals surface area contributed by atoms with Crippen LogP contribution in [0.3, 0.4) is 0 Å². The van der Waals surface area contributed by atoms with E-state index in [4.69, 9.17) is 15.2 Å². The predicted molar refractivity (Wildman–Crippen MR) is 81.9 cm³/mol. The molecule has 2 rings (SSSR count). The van der Waals surface area contributed by atoms with Crippen molar-refractivity contribution in [2.24, 2.45) is 5.73 Å². The molecule has 4 heteroatoms. The molecule has 4 nitrogen and oxygen atoms in total. The summed E-state index contributed by atoms with van der Waals surface area (Å²) in [6.07, 6.45) is 7.68. The van der Waals surface area contributed by atoms with Crippen molar-refractivity contribution in [3.63, 3.8) is 0 Å². The molecule has 0 spiro atoms. The van der Waals surface area contributed by atoms with Crippen molar-refractivity contribution >= 4 is 0 Å². The second kappa shape index (κ2) is 7.74. The lowest BCUT2D eigenvalue weighted by Gasteiger charge is -2.48. The van der Waals surface area contributed by atoms with Gasteiger partial charge in [-0.1, -0.05) is 20.3 Å². The second-order valence-corrected chi connectivity index (χ2v) is 6.34. The first kappa shape index (κ1) is 16.2. The van der Waals surface area contributed by atoms with Gasteiger partial charge < -0.3 is 15.2 Å². The molecule has 2 fully saturated rings. The molecule has 0 saturated carbocycles. The summed E-state index contributed by atoms with van der Waals surface area (Å²) >= 11 is 0. The third-order valence-electron chi connectivity index (χ3n) is 5.02. The number of nitrogens with zero attached hydrogens (tertiary/aromatic N) is 1. The molecule has 0 aliphatic carbocycles. The third kappa shape index (κ3) is 3.73. The molecule has 0 aromatic rings. The minimum atomic E-state index is 0.124. The highest BCUT2D eigenvalue weighted by Gasteiger charge is 2.41.